The molecule has 204 valence electrons. The molecule has 0 aliphatic rings. The van der Waals surface area contributed by atoms with Gasteiger partial charge in [-0.25, -0.2) is 0 Å². The number of hydrogen-bond acceptors (Lipinski definition) is 2. The van der Waals surface area contributed by atoms with Gasteiger partial charge in [0.05, 0.1) is 0 Å². The topological polar surface area (TPSA) is 52.0 Å². The third-order valence-corrected chi connectivity index (χ3v) is 8.30. The van der Waals surface area contributed by atoms with Crippen molar-refractivity contribution in [3.63, 3.8) is 0 Å². The first-order chi connectivity index (χ1) is 21.6. The van der Waals surface area contributed by atoms with Gasteiger partial charge in [0.2, 0.25) is 0 Å². The summed E-state index contributed by atoms with van der Waals surface area (Å²) < 4.78 is 0. The number of fused-ring (bicyclic) bond motifs is 9. The van der Waals surface area contributed by atoms with E-state index in [1.807, 2.05) is 48.5 Å². The minimum absolute atomic E-state index is 0.736. The summed E-state index contributed by atoms with van der Waals surface area (Å²) in [5.41, 5.74) is 17.0. The van der Waals surface area contributed by atoms with Gasteiger partial charge in [0.15, 0.2) is 0 Å². The second-order valence-electron chi connectivity index (χ2n) is 11.2. The van der Waals surface area contributed by atoms with Crippen molar-refractivity contribution in [1.29, 1.82) is 0 Å². The molecule has 0 aliphatic carbocycles. The van der Waals surface area contributed by atoms with Crippen molar-refractivity contribution >= 4 is 65.2 Å². The first kappa shape index (κ1) is 25.5. The van der Waals surface area contributed by atoms with Crippen molar-refractivity contribution in [3.05, 3.63) is 156 Å². The molecule has 0 aliphatic heterocycles. The lowest BCUT2D eigenvalue weighted by molar-refractivity contribution is 1.63. The van der Waals surface area contributed by atoms with E-state index in [1.165, 1.54) is 53.9 Å². The Morgan fingerprint density at radius 3 is 1.00 bits per heavy atom. The van der Waals surface area contributed by atoms with Crippen LogP contribution in [0.5, 0.6) is 0 Å². The average molecular weight is 559 g/mol. The molecule has 0 atom stereocenters. The van der Waals surface area contributed by atoms with Gasteiger partial charge in [-0.1, -0.05) is 84.3 Å². The molecule has 0 bridgehead atoms. The monoisotopic (exact) mass is 558 g/mol. The summed E-state index contributed by atoms with van der Waals surface area (Å²) in [5.74, 6) is 13.4. The van der Waals surface area contributed by atoms with Gasteiger partial charge in [-0.2, -0.15) is 0 Å². The Balaban J connectivity index is 1.39. The Bertz CT molecular complexity index is 2360. The van der Waals surface area contributed by atoms with E-state index in [4.69, 9.17) is 11.5 Å². The minimum atomic E-state index is 0.736. The normalized spacial score (nSPS) is 11.0. The number of nitrogens with two attached hydrogens (primary N) is 2. The molecule has 8 rings (SSSR count). The summed E-state index contributed by atoms with van der Waals surface area (Å²) in [6, 6.07) is 46.2. The lowest BCUT2D eigenvalue weighted by Gasteiger charge is -2.13. The Morgan fingerprint density at radius 2 is 0.591 bits per heavy atom. The number of anilines is 2. The fourth-order valence-electron chi connectivity index (χ4n) is 6.08. The van der Waals surface area contributed by atoms with E-state index in [-0.39, 0.29) is 0 Å². The molecule has 0 fully saturated rings. The molecule has 0 unspecified atom stereocenters. The Kier molecular flexibility index (Phi) is 5.94. The fourth-order valence-corrected chi connectivity index (χ4v) is 6.08. The summed E-state index contributed by atoms with van der Waals surface area (Å²) >= 11 is 0. The largest absolute Gasteiger partial charge is 0.399 e. The molecule has 2 nitrogen and oxygen atoms in total. The van der Waals surface area contributed by atoms with Crippen LogP contribution in [-0.4, -0.2) is 0 Å². The second-order valence-corrected chi connectivity index (χ2v) is 11.2. The summed E-state index contributed by atoms with van der Waals surface area (Å²) in [4.78, 5) is 0. The highest BCUT2D eigenvalue weighted by atomic mass is 14.5. The first-order valence-electron chi connectivity index (χ1n) is 14.6. The zero-order valence-electron chi connectivity index (χ0n) is 23.9. The molecule has 0 aromatic heterocycles. The zero-order chi connectivity index (χ0) is 29.6. The average Bonchev–Trinajstić information content (AvgIpc) is 3.06. The first-order valence-corrected chi connectivity index (χ1v) is 14.6. The van der Waals surface area contributed by atoms with Gasteiger partial charge < -0.3 is 11.5 Å². The number of hydrogen-bond donors (Lipinski definition) is 2. The summed E-state index contributed by atoms with van der Waals surface area (Å²) in [6.07, 6.45) is 0. The smallest absolute Gasteiger partial charge is 0.0314 e. The predicted molar refractivity (Wildman–Crippen MR) is 188 cm³/mol. The van der Waals surface area contributed by atoms with Crippen LogP contribution in [0.15, 0.2) is 133 Å². The molecular formula is C42H26N2. The van der Waals surface area contributed by atoms with Crippen LogP contribution in [0.3, 0.4) is 0 Å². The molecule has 8 aromatic carbocycles. The van der Waals surface area contributed by atoms with Crippen LogP contribution in [0.4, 0.5) is 11.4 Å². The highest BCUT2D eigenvalue weighted by molar-refractivity contribution is 6.32. The van der Waals surface area contributed by atoms with Gasteiger partial charge in [-0.15, -0.1) is 0 Å². The Labute approximate surface area is 255 Å². The highest BCUT2D eigenvalue weighted by Gasteiger charge is 2.12. The molecule has 0 spiro atoms. The van der Waals surface area contributed by atoms with E-state index in [0.717, 1.165) is 33.6 Å². The van der Waals surface area contributed by atoms with Crippen molar-refractivity contribution in [2.45, 2.75) is 0 Å². The van der Waals surface area contributed by atoms with Gasteiger partial charge in [-0.05, 0) is 127 Å². The van der Waals surface area contributed by atoms with E-state index in [2.05, 4.69) is 109 Å². The van der Waals surface area contributed by atoms with E-state index in [0.29, 0.717) is 0 Å². The van der Waals surface area contributed by atoms with E-state index >= 15 is 0 Å². The Morgan fingerprint density at radius 1 is 0.295 bits per heavy atom. The van der Waals surface area contributed by atoms with Crippen LogP contribution in [0.2, 0.25) is 0 Å². The summed E-state index contributed by atoms with van der Waals surface area (Å²) in [6.45, 7) is 0. The van der Waals surface area contributed by atoms with Crippen LogP contribution in [0.1, 0.15) is 22.3 Å². The van der Waals surface area contributed by atoms with E-state index < -0.39 is 0 Å². The molecule has 4 N–H and O–H groups in total. The second kappa shape index (κ2) is 10.2. The van der Waals surface area contributed by atoms with Crippen LogP contribution in [0, 0.1) is 23.7 Å². The van der Waals surface area contributed by atoms with Crippen LogP contribution in [0.25, 0.3) is 53.9 Å². The van der Waals surface area contributed by atoms with E-state index in [1.54, 1.807) is 0 Å². The molecule has 0 amide bonds. The summed E-state index contributed by atoms with van der Waals surface area (Å²) in [7, 11) is 0. The van der Waals surface area contributed by atoms with E-state index in [9.17, 15) is 0 Å². The van der Waals surface area contributed by atoms with Crippen LogP contribution >= 0.6 is 0 Å². The van der Waals surface area contributed by atoms with Gasteiger partial charge in [0.1, 0.15) is 0 Å². The molecule has 0 saturated heterocycles. The molecule has 8 aromatic rings. The van der Waals surface area contributed by atoms with Gasteiger partial charge >= 0.3 is 0 Å². The third-order valence-electron chi connectivity index (χ3n) is 8.30. The molecular weight excluding hydrogens is 532 g/mol. The van der Waals surface area contributed by atoms with Gasteiger partial charge in [0.25, 0.3) is 0 Å². The minimum Gasteiger partial charge on any atom is -0.399 e. The van der Waals surface area contributed by atoms with Crippen LogP contribution < -0.4 is 11.5 Å². The fraction of sp³-hybridized carbons (Fsp3) is 0. The van der Waals surface area contributed by atoms with Gasteiger partial charge in [0, 0.05) is 33.6 Å². The van der Waals surface area contributed by atoms with Crippen molar-refractivity contribution in [3.8, 4) is 23.7 Å². The number of nitrogen functional groups attached to an aromatic ring is 2. The number of rotatable bonds is 0. The highest BCUT2D eigenvalue weighted by Crippen LogP contribution is 2.39. The van der Waals surface area contributed by atoms with Crippen molar-refractivity contribution in [1.82, 2.24) is 0 Å². The zero-order valence-corrected chi connectivity index (χ0v) is 23.9. The molecule has 0 radical (unpaired) electrons. The Hall–Kier alpha value is -6.22. The maximum absolute atomic E-state index is 5.86. The van der Waals surface area contributed by atoms with Crippen molar-refractivity contribution < 1.29 is 0 Å². The van der Waals surface area contributed by atoms with Crippen LogP contribution in [-0.2, 0) is 0 Å². The molecule has 44 heavy (non-hydrogen) atoms. The lowest BCUT2D eigenvalue weighted by Crippen LogP contribution is -1.87. The molecule has 2 heteroatoms. The third kappa shape index (κ3) is 4.53. The molecule has 0 saturated carbocycles. The SMILES string of the molecule is Nc1ccc(C#Cc2ccc3ccc4ccc5ccc6ccc7ccc(C#Cc8ccc(N)cc8)cc7c6c5c4c3c2)cc1. The number of benzene rings is 8. The maximum Gasteiger partial charge on any atom is 0.0314 e. The quantitative estimate of drug-likeness (QED) is 0.111. The predicted octanol–water partition coefficient (Wildman–Crippen LogP) is 9.42. The van der Waals surface area contributed by atoms with Gasteiger partial charge in [-0.3, -0.25) is 0 Å². The lowest BCUT2D eigenvalue weighted by atomic mass is 9.90. The van der Waals surface area contributed by atoms with Crippen molar-refractivity contribution in [2.24, 2.45) is 0 Å². The van der Waals surface area contributed by atoms with Crippen molar-refractivity contribution in [2.75, 3.05) is 11.5 Å². The standard InChI is InChI=1S/C42H26N2/c43-36-21-7-27(8-22-36)1-3-29-5-11-31-13-15-33-17-19-35-20-18-34-16-14-32-12-6-30(4-2-28-9-23-37(44)24-10-28)26-39(32)41(34)42(35)40(33)38(31)25-29/h5-26H,43-44H2. The molecule has 0 heterocycles. The summed E-state index contributed by atoms with van der Waals surface area (Å²) in [5, 5.41) is 12.1. The maximum atomic E-state index is 5.86.